The second-order valence-corrected chi connectivity index (χ2v) is 4.19. The molecule has 0 fully saturated rings. The van der Waals surface area contributed by atoms with Gasteiger partial charge in [0.25, 0.3) is 5.56 Å². The molecule has 0 aromatic carbocycles. The van der Waals surface area contributed by atoms with Crippen LogP contribution in [0.1, 0.15) is 0 Å². The van der Waals surface area contributed by atoms with E-state index in [0.29, 0.717) is 4.48 Å². The molecular formula is C7H5BrCl2N2O. The molecule has 1 heterocycles. The highest BCUT2D eigenvalue weighted by Crippen LogP contribution is 2.15. The zero-order chi connectivity index (χ0) is 10.0. The third-order valence-electron chi connectivity index (χ3n) is 1.26. The van der Waals surface area contributed by atoms with E-state index in [2.05, 4.69) is 27.6 Å². The van der Waals surface area contributed by atoms with Crippen molar-refractivity contribution >= 4 is 39.1 Å². The molecule has 1 rings (SSSR count). The lowest BCUT2D eigenvalue weighted by Gasteiger charge is -2.03. The van der Waals surface area contributed by atoms with Gasteiger partial charge in [-0.25, -0.2) is 4.68 Å². The third-order valence-corrected chi connectivity index (χ3v) is 2.26. The van der Waals surface area contributed by atoms with E-state index in [0.717, 1.165) is 0 Å². The van der Waals surface area contributed by atoms with Crippen LogP contribution < -0.4 is 5.56 Å². The molecule has 0 aliphatic carbocycles. The lowest BCUT2D eigenvalue weighted by Crippen LogP contribution is -2.23. The predicted molar refractivity (Wildman–Crippen MR) is 56.6 cm³/mol. The SMILES string of the molecule is C=C(Br)Cn1ncc(Cl)c(Cl)c1=O. The number of rotatable bonds is 2. The second-order valence-electron chi connectivity index (χ2n) is 2.29. The monoisotopic (exact) mass is 282 g/mol. The van der Waals surface area contributed by atoms with Crippen molar-refractivity contribution in [2.24, 2.45) is 0 Å². The van der Waals surface area contributed by atoms with Crippen molar-refractivity contribution in [2.75, 3.05) is 0 Å². The van der Waals surface area contributed by atoms with Crippen LogP contribution in [-0.2, 0) is 6.54 Å². The molecule has 13 heavy (non-hydrogen) atoms. The Kier molecular flexibility index (Phi) is 3.53. The summed E-state index contributed by atoms with van der Waals surface area (Å²) in [6.07, 6.45) is 1.32. The van der Waals surface area contributed by atoms with Gasteiger partial charge in [-0.1, -0.05) is 45.7 Å². The second kappa shape index (κ2) is 4.26. The Bertz CT molecular complexity index is 402. The Morgan fingerprint density at radius 3 is 2.85 bits per heavy atom. The van der Waals surface area contributed by atoms with Gasteiger partial charge in [0.05, 0.1) is 17.8 Å². The largest absolute Gasteiger partial charge is 0.287 e. The van der Waals surface area contributed by atoms with E-state index in [9.17, 15) is 4.79 Å². The van der Waals surface area contributed by atoms with Crippen LogP contribution in [0.4, 0.5) is 0 Å². The van der Waals surface area contributed by atoms with Gasteiger partial charge in [0.1, 0.15) is 5.02 Å². The Morgan fingerprint density at radius 1 is 1.69 bits per heavy atom. The summed E-state index contributed by atoms with van der Waals surface area (Å²) in [4.78, 5) is 11.3. The molecule has 1 aromatic heterocycles. The van der Waals surface area contributed by atoms with Crippen molar-refractivity contribution in [1.82, 2.24) is 9.78 Å². The highest BCUT2D eigenvalue weighted by molar-refractivity contribution is 9.11. The molecule has 0 atom stereocenters. The first kappa shape index (κ1) is 10.8. The Morgan fingerprint density at radius 2 is 2.31 bits per heavy atom. The molecule has 70 valence electrons. The fourth-order valence-corrected chi connectivity index (χ4v) is 1.23. The summed E-state index contributed by atoms with van der Waals surface area (Å²) in [5.74, 6) is 0. The van der Waals surface area contributed by atoms with Crippen molar-refractivity contribution in [3.63, 3.8) is 0 Å². The van der Waals surface area contributed by atoms with Crippen LogP contribution in [-0.4, -0.2) is 9.78 Å². The normalized spacial score (nSPS) is 10.1. The molecule has 1 aromatic rings. The van der Waals surface area contributed by atoms with E-state index in [1.807, 2.05) is 0 Å². The summed E-state index contributed by atoms with van der Waals surface area (Å²) in [5.41, 5.74) is -0.422. The van der Waals surface area contributed by atoms with E-state index in [4.69, 9.17) is 23.2 Å². The van der Waals surface area contributed by atoms with Gasteiger partial charge in [-0.2, -0.15) is 5.10 Å². The van der Waals surface area contributed by atoms with E-state index in [1.54, 1.807) is 0 Å². The molecule has 0 saturated heterocycles. The summed E-state index contributed by atoms with van der Waals surface area (Å²) >= 11 is 14.3. The van der Waals surface area contributed by atoms with Crippen molar-refractivity contribution in [1.29, 1.82) is 0 Å². The minimum atomic E-state index is -0.422. The predicted octanol–water partition coefficient (Wildman–Crippen LogP) is 2.46. The minimum Gasteiger partial charge on any atom is -0.266 e. The lowest BCUT2D eigenvalue weighted by atomic mass is 10.5. The number of hydrogen-bond acceptors (Lipinski definition) is 2. The third kappa shape index (κ3) is 2.56. The summed E-state index contributed by atoms with van der Waals surface area (Å²) in [5, 5.41) is 3.91. The molecule has 0 radical (unpaired) electrons. The summed E-state index contributed by atoms with van der Waals surface area (Å²) in [7, 11) is 0. The van der Waals surface area contributed by atoms with Gasteiger partial charge in [-0.15, -0.1) is 0 Å². The molecule has 0 amide bonds. The number of nitrogens with zero attached hydrogens (tertiary/aromatic N) is 2. The Hall–Kier alpha value is -0.320. The van der Waals surface area contributed by atoms with E-state index < -0.39 is 5.56 Å². The molecule has 6 heteroatoms. The number of aromatic nitrogens is 2. The van der Waals surface area contributed by atoms with Gasteiger partial charge in [0.2, 0.25) is 0 Å². The van der Waals surface area contributed by atoms with Crippen LogP contribution in [0.2, 0.25) is 10.0 Å². The molecular weight excluding hydrogens is 279 g/mol. The van der Waals surface area contributed by atoms with Crippen LogP contribution >= 0.6 is 39.1 Å². The quantitative estimate of drug-likeness (QED) is 0.836. The minimum absolute atomic E-state index is 0.0228. The standard InChI is InChI=1S/C7H5BrCl2N2O/c1-4(8)3-12-7(13)6(10)5(9)2-11-12/h2H,1,3H2. The molecule has 3 nitrogen and oxygen atoms in total. The number of hydrogen-bond donors (Lipinski definition) is 0. The van der Waals surface area contributed by atoms with Crippen LogP contribution in [0.3, 0.4) is 0 Å². The summed E-state index contributed by atoms with van der Waals surface area (Å²) in [6.45, 7) is 3.86. The zero-order valence-electron chi connectivity index (χ0n) is 6.43. The summed E-state index contributed by atoms with van der Waals surface area (Å²) < 4.78 is 1.81. The van der Waals surface area contributed by atoms with Crippen molar-refractivity contribution in [3.8, 4) is 0 Å². The first-order valence-corrected chi connectivity index (χ1v) is 4.81. The molecule has 0 spiro atoms. The van der Waals surface area contributed by atoms with Crippen LogP contribution in [0.5, 0.6) is 0 Å². The molecule has 0 N–H and O–H groups in total. The van der Waals surface area contributed by atoms with Crippen molar-refractivity contribution in [2.45, 2.75) is 6.54 Å². The van der Waals surface area contributed by atoms with Crippen LogP contribution in [0.15, 0.2) is 22.1 Å². The van der Waals surface area contributed by atoms with Crippen molar-refractivity contribution < 1.29 is 0 Å². The maximum Gasteiger partial charge on any atom is 0.287 e. The van der Waals surface area contributed by atoms with Crippen molar-refractivity contribution in [3.05, 3.63) is 37.7 Å². The van der Waals surface area contributed by atoms with Gasteiger partial charge < -0.3 is 0 Å². The maximum absolute atomic E-state index is 11.3. The van der Waals surface area contributed by atoms with E-state index in [-0.39, 0.29) is 16.6 Å². The number of halogens is 3. The van der Waals surface area contributed by atoms with E-state index >= 15 is 0 Å². The van der Waals surface area contributed by atoms with Gasteiger partial charge in [-0.05, 0) is 0 Å². The topological polar surface area (TPSA) is 34.9 Å². The van der Waals surface area contributed by atoms with Crippen LogP contribution in [0, 0.1) is 0 Å². The fourth-order valence-electron chi connectivity index (χ4n) is 0.720. The van der Waals surface area contributed by atoms with Crippen LogP contribution in [0.25, 0.3) is 0 Å². The molecule has 0 aliphatic rings. The Balaban J connectivity index is 3.19. The van der Waals surface area contributed by atoms with Gasteiger partial charge in [-0.3, -0.25) is 4.79 Å². The first-order chi connectivity index (χ1) is 6.02. The van der Waals surface area contributed by atoms with Gasteiger partial charge in [0, 0.05) is 4.48 Å². The Labute approximate surface area is 93.1 Å². The maximum atomic E-state index is 11.3. The average molecular weight is 284 g/mol. The number of allylic oxidation sites excluding steroid dienone is 1. The molecule has 0 aliphatic heterocycles. The average Bonchev–Trinajstić information content (AvgIpc) is 2.06. The fraction of sp³-hybridized carbons (Fsp3) is 0.143. The summed E-state index contributed by atoms with van der Waals surface area (Å²) in [6, 6.07) is 0. The highest BCUT2D eigenvalue weighted by Gasteiger charge is 2.06. The lowest BCUT2D eigenvalue weighted by molar-refractivity contribution is 0.648. The smallest absolute Gasteiger partial charge is 0.266 e. The van der Waals surface area contributed by atoms with Gasteiger partial charge in [0.15, 0.2) is 0 Å². The molecule has 0 bridgehead atoms. The van der Waals surface area contributed by atoms with E-state index in [1.165, 1.54) is 10.9 Å². The van der Waals surface area contributed by atoms with Gasteiger partial charge >= 0.3 is 0 Å². The molecule has 0 unspecified atom stereocenters. The molecule has 0 saturated carbocycles. The highest BCUT2D eigenvalue weighted by atomic mass is 79.9. The zero-order valence-corrected chi connectivity index (χ0v) is 9.53. The first-order valence-electron chi connectivity index (χ1n) is 3.26.